The molecule has 0 aliphatic rings. The van der Waals surface area contributed by atoms with Crippen molar-refractivity contribution in [1.82, 2.24) is 0 Å². The Labute approximate surface area is 266 Å². The number of carbonyl (C=O) groups is 2. The normalized spacial score (nSPS) is 12.0. The number of benzene rings is 2. The van der Waals surface area contributed by atoms with Gasteiger partial charge in [0.15, 0.2) is 11.6 Å². The van der Waals surface area contributed by atoms with Gasteiger partial charge in [-0.3, -0.25) is 9.59 Å². The largest absolute Gasteiger partial charge is 0.382 e. The minimum absolute atomic E-state index is 0.314. The van der Waals surface area contributed by atoms with Crippen LogP contribution in [0.2, 0.25) is 0 Å². The van der Waals surface area contributed by atoms with Gasteiger partial charge in [0.05, 0.1) is 92.5 Å². The highest BCUT2D eigenvalue weighted by Gasteiger charge is 2.25. The molecule has 0 heterocycles. The average molecular weight is 635 g/mol. The lowest BCUT2D eigenvalue weighted by Gasteiger charge is -2.15. The topological polar surface area (TPSA) is 139 Å². The predicted molar refractivity (Wildman–Crippen MR) is 168 cm³/mol. The van der Waals surface area contributed by atoms with E-state index in [4.69, 9.17) is 33.2 Å². The number of hydrogen-bond acceptors (Lipinski definition) is 11. The first-order valence-electron chi connectivity index (χ1n) is 15.2. The number of carbonyl (C=O) groups excluding carboxylic acids is 2. The lowest BCUT2D eigenvalue weighted by atomic mass is 9.96. The van der Waals surface area contributed by atoms with Crippen LogP contribution in [0.5, 0.6) is 0 Å². The minimum Gasteiger partial charge on any atom is -0.382 e. The first-order valence-corrected chi connectivity index (χ1v) is 15.2. The van der Waals surface area contributed by atoms with Crippen LogP contribution in [0.1, 0.15) is 59.5 Å². The molecule has 0 spiro atoms. The summed E-state index contributed by atoms with van der Waals surface area (Å²) in [5.74, 6) is -0.628. The summed E-state index contributed by atoms with van der Waals surface area (Å²) >= 11 is 0. The van der Waals surface area contributed by atoms with Gasteiger partial charge < -0.3 is 43.4 Å². The molecule has 2 aromatic carbocycles. The van der Waals surface area contributed by atoms with E-state index in [0.717, 1.165) is 11.1 Å². The van der Waals surface area contributed by atoms with Crippen molar-refractivity contribution in [2.45, 2.75) is 52.1 Å². The lowest BCUT2D eigenvalue weighted by molar-refractivity contribution is -0.0217. The SMILES string of the molecule is CC(C)(O)C(=O)c1ccc(COCCOCCOCCOCCOCCOCCOCc2ccc(C(=O)C(C)(C)O)cc2)cc1. The van der Waals surface area contributed by atoms with Gasteiger partial charge in [-0.15, -0.1) is 0 Å². The highest BCUT2D eigenvalue weighted by molar-refractivity contribution is 6.02. The van der Waals surface area contributed by atoms with Gasteiger partial charge in [-0.2, -0.15) is 0 Å². The third kappa shape index (κ3) is 17.1. The van der Waals surface area contributed by atoms with Gasteiger partial charge in [-0.1, -0.05) is 48.5 Å². The Bertz CT molecular complexity index is 1000. The molecule has 0 atom stereocenters. The molecule has 11 nitrogen and oxygen atoms in total. The van der Waals surface area contributed by atoms with E-state index in [9.17, 15) is 19.8 Å². The first kappa shape index (κ1) is 38.6. The molecular formula is C34H50O11. The Hall–Kier alpha value is -2.58. The monoisotopic (exact) mass is 634 g/mol. The first-order chi connectivity index (χ1) is 21.5. The van der Waals surface area contributed by atoms with Crippen molar-refractivity contribution in [3.8, 4) is 0 Å². The van der Waals surface area contributed by atoms with Crippen molar-refractivity contribution in [2.75, 3.05) is 79.3 Å². The second kappa shape index (κ2) is 21.3. The zero-order valence-electron chi connectivity index (χ0n) is 27.1. The van der Waals surface area contributed by atoms with Crippen LogP contribution in [0.25, 0.3) is 0 Å². The van der Waals surface area contributed by atoms with E-state index in [0.29, 0.717) is 104 Å². The number of Topliss-reactive ketones (excluding diaryl/α,β-unsaturated/α-hetero) is 2. The maximum absolute atomic E-state index is 12.0. The summed E-state index contributed by atoms with van der Waals surface area (Å²) in [6.07, 6.45) is 0. The van der Waals surface area contributed by atoms with Gasteiger partial charge in [-0.25, -0.2) is 0 Å². The zero-order valence-corrected chi connectivity index (χ0v) is 27.1. The third-order valence-electron chi connectivity index (χ3n) is 6.31. The molecule has 0 saturated carbocycles. The van der Waals surface area contributed by atoms with Crippen molar-refractivity contribution in [3.05, 3.63) is 70.8 Å². The van der Waals surface area contributed by atoms with Crippen LogP contribution in [-0.4, -0.2) is 112 Å². The number of hydrogen-bond donors (Lipinski definition) is 2. The van der Waals surface area contributed by atoms with Crippen LogP contribution >= 0.6 is 0 Å². The standard InChI is InChI=1S/C34H50O11/c1-33(2,37)31(35)29-9-5-27(6-10-29)25-44-23-21-42-19-17-40-15-13-39-14-16-41-18-20-43-22-24-45-26-28-7-11-30(12-8-28)32(36)34(3,4)38/h5-12,37-38H,13-26H2,1-4H3. The number of aliphatic hydroxyl groups is 2. The molecule has 2 rings (SSSR count). The quantitative estimate of drug-likeness (QED) is 0.116. The molecule has 0 fully saturated rings. The molecule has 2 N–H and O–H groups in total. The molecule has 0 unspecified atom stereocenters. The van der Waals surface area contributed by atoms with Gasteiger partial charge in [0.1, 0.15) is 11.2 Å². The zero-order chi connectivity index (χ0) is 33.0. The van der Waals surface area contributed by atoms with Crippen LogP contribution in [0.15, 0.2) is 48.5 Å². The highest BCUT2D eigenvalue weighted by Crippen LogP contribution is 2.15. The maximum atomic E-state index is 12.0. The van der Waals surface area contributed by atoms with Crippen molar-refractivity contribution in [2.24, 2.45) is 0 Å². The number of rotatable bonds is 26. The number of ketones is 2. The van der Waals surface area contributed by atoms with Crippen LogP contribution < -0.4 is 0 Å². The Morgan fingerprint density at radius 2 is 0.667 bits per heavy atom. The second-order valence-electron chi connectivity index (χ2n) is 11.3. The van der Waals surface area contributed by atoms with E-state index >= 15 is 0 Å². The summed E-state index contributed by atoms with van der Waals surface area (Å²) in [6, 6.07) is 14.0. The third-order valence-corrected chi connectivity index (χ3v) is 6.31. The summed E-state index contributed by atoms with van der Waals surface area (Å²) in [5, 5.41) is 19.6. The highest BCUT2D eigenvalue weighted by atomic mass is 16.6. The van der Waals surface area contributed by atoms with Crippen molar-refractivity contribution in [3.63, 3.8) is 0 Å². The average Bonchev–Trinajstić information content (AvgIpc) is 3.00. The van der Waals surface area contributed by atoms with Gasteiger partial charge in [0.25, 0.3) is 0 Å². The fourth-order valence-corrected chi connectivity index (χ4v) is 3.81. The van der Waals surface area contributed by atoms with E-state index in [-0.39, 0.29) is 11.6 Å². The molecule has 0 aromatic heterocycles. The summed E-state index contributed by atoms with van der Waals surface area (Å²) in [4.78, 5) is 24.1. The molecule has 0 saturated heterocycles. The fraction of sp³-hybridized carbons (Fsp3) is 0.588. The molecule has 0 bridgehead atoms. The summed E-state index contributed by atoms with van der Waals surface area (Å²) < 4.78 is 38.6. The van der Waals surface area contributed by atoms with Gasteiger partial charge in [-0.05, 0) is 38.8 Å². The molecule has 0 radical (unpaired) electrons. The Kier molecular flexibility index (Phi) is 18.2. The van der Waals surface area contributed by atoms with Crippen LogP contribution in [0.4, 0.5) is 0 Å². The Morgan fingerprint density at radius 1 is 0.444 bits per heavy atom. The molecule has 45 heavy (non-hydrogen) atoms. The van der Waals surface area contributed by atoms with E-state index in [2.05, 4.69) is 0 Å². The van der Waals surface area contributed by atoms with E-state index in [1.165, 1.54) is 27.7 Å². The second-order valence-corrected chi connectivity index (χ2v) is 11.3. The van der Waals surface area contributed by atoms with Gasteiger partial charge in [0.2, 0.25) is 0 Å². The molecule has 11 heteroatoms. The van der Waals surface area contributed by atoms with E-state index in [1.807, 2.05) is 24.3 Å². The minimum atomic E-state index is -1.39. The van der Waals surface area contributed by atoms with Crippen LogP contribution in [0.3, 0.4) is 0 Å². The summed E-state index contributed by atoms with van der Waals surface area (Å²) in [6.45, 7) is 12.2. The van der Waals surface area contributed by atoms with Gasteiger partial charge in [0, 0.05) is 11.1 Å². The molecular weight excluding hydrogens is 584 g/mol. The maximum Gasteiger partial charge on any atom is 0.193 e. The molecule has 252 valence electrons. The van der Waals surface area contributed by atoms with Crippen molar-refractivity contribution < 1.29 is 53.0 Å². The van der Waals surface area contributed by atoms with E-state index in [1.54, 1.807) is 24.3 Å². The lowest BCUT2D eigenvalue weighted by Crippen LogP contribution is -2.31. The van der Waals surface area contributed by atoms with Crippen molar-refractivity contribution >= 4 is 11.6 Å². The predicted octanol–water partition coefficient (Wildman–Crippen LogP) is 3.41. The van der Waals surface area contributed by atoms with Crippen molar-refractivity contribution in [1.29, 1.82) is 0 Å². The molecule has 0 aliphatic heterocycles. The molecule has 0 aliphatic carbocycles. The Morgan fingerprint density at radius 3 is 0.889 bits per heavy atom. The fourth-order valence-electron chi connectivity index (χ4n) is 3.81. The van der Waals surface area contributed by atoms with E-state index < -0.39 is 11.2 Å². The molecule has 0 amide bonds. The Balaban J connectivity index is 1.30. The summed E-state index contributed by atoms with van der Waals surface area (Å²) in [5.41, 5.74) is 0.0338. The number of ether oxygens (including phenoxy) is 7. The summed E-state index contributed by atoms with van der Waals surface area (Å²) in [7, 11) is 0. The van der Waals surface area contributed by atoms with Crippen LogP contribution in [0, 0.1) is 0 Å². The van der Waals surface area contributed by atoms with Crippen LogP contribution in [-0.2, 0) is 46.4 Å². The smallest absolute Gasteiger partial charge is 0.193 e. The molecule has 2 aromatic rings. The van der Waals surface area contributed by atoms with Gasteiger partial charge >= 0.3 is 0 Å².